The number of aromatic nitrogens is 1. The molecule has 0 atom stereocenters. The Morgan fingerprint density at radius 1 is 0.848 bits per heavy atom. The molecule has 1 aromatic heterocycles. The number of benzene rings is 3. The number of para-hydroxylation sites is 1. The van der Waals surface area contributed by atoms with E-state index < -0.39 is 0 Å². The number of thiazole rings is 1. The fourth-order valence-electron chi connectivity index (χ4n) is 2.84. The lowest BCUT2D eigenvalue weighted by Gasteiger charge is -2.08. The molecule has 6 nitrogen and oxygen atoms in total. The summed E-state index contributed by atoms with van der Waals surface area (Å²) in [6.07, 6.45) is 0. The zero-order chi connectivity index (χ0) is 23.0. The number of hydrogen-bond acceptors (Lipinski definition) is 5. The Morgan fingerprint density at radius 2 is 1.52 bits per heavy atom. The van der Waals surface area contributed by atoms with Crippen LogP contribution in [0.15, 0.2) is 93.6 Å². The van der Waals surface area contributed by atoms with Gasteiger partial charge in [0.15, 0.2) is 5.13 Å². The second-order valence-electron chi connectivity index (χ2n) is 6.85. The average molecular weight is 539 g/mol. The van der Waals surface area contributed by atoms with E-state index in [0.29, 0.717) is 10.8 Å². The van der Waals surface area contributed by atoms with Crippen LogP contribution in [0.4, 0.5) is 21.3 Å². The van der Waals surface area contributed by atoms with Crippen LogP contribution in [0.1, 0.15) is 0 Å². The SMILES string of the molecule is O=C(CSc1ccc(NC(=O)Nc2ccccc2)cc1)Nc1nc(-c2ccc(Br)cc2)cs1. The third kappa shape index (κ3) is 6.92. The lowest BCUT2D eigenvalue weighted by molar-refractivity contribution is -0.113. The zero-order valence-corrected chi connectivity index (χ0v) is 20.5. The summed E-state index contributed by atoms with van der Waals surface area (Å²) in [5.41, 5.74) is 3.21. The van der Waals surface area contributed by atoms with E-state index in [4.69, 9.17) is 0 Å². The minimum absolute atomic E-state index is 0.124. The summed E-state index contributed by atoms with van der Waals surface area (Å²) >= 11 is 6.23. The van der Waals surface area contributed by atoms with Gasteiger partial charge < -0.3 is 16.0 Å². The van der Waals surface area contributed by atoms with E-state index in [9.17, 15) is 9.59 Å². The third-order valence-electron chi connectivity index (χ3n) is 4.40. The van der Waals surface area contributed by atoms with Crippen molar-refractivity contribution < 1.29 is 9.59 Å². The number of hydrogen-bond donors (Lipinski definition) is 3. The van der Waals surface area contributed by atoms with Crippen molar-refractivity contribution in [1.29, 1.82) is 0 Å². The number of carbonyl (C=O) groups is 2. The van der Waals surface area contributed by atoms with Crippen molar-refractivity contribution in [3.63, 3.8) is 0 Å². The molecule has 4 rings (SSSR count). The van der Waals surface area contributed by atoms with Gasteiger partial charge in [0.2, 0.25) is 5.91 Å². The van der Waals surface area contributed by atoms with Crippen molar-refractivity contribution in [1.82, 2.24) is 4.98 Å². The first-order chi connectivity index (χ1) is 16.0. The predicted molar refractivity (Wildman–Crippen MR) is 140 cm³/mol. The van der Waals surface area contributed by atoms with Gasteiger partial charge in [0.25, 0.3) is 0 Å². The minimum Gasteiger partial charge on any atom is -0.308 e. The summed E-state index contributed by atoms with van der Waals surface area (Å²) in [7, 11) is 0. The molecule has 0 aliphatic rings. The molecule has 0 fully saturated rings. The first kappa shape index (κ1) is 23.0. The number of urea groups is 1. The number of anilines is 3. The van der Waals surface area contributed by atoms with Crippen LogP contribution in [0.5, 0.6) is 0 Å². The predicted octanol–water partition coefficient (Wildman–Crippen LogP) is 6.95. The lowest BCUT2D eigenvalue weighted by atomic mass is 10.2. The Labute approximate surface area is 208 Å². The molecular formula is C24H19BrN4O2S2. The largest absolute Gasteiger partial charge is 0.323 e. The monoisotopic (exact) mass is 538 g/mol. The maximum Gasteiger partial charge on any atom is 0.323 e. The number of amides is 3. The summed E-state index contributed by atoms with van der Waals surface area (Å²) in [5.74, 6) is 0.134. The van der Waals surface area contributed by atoms with Gasteiger partial charge in [-0.05, 0) is 48.5 Å². The molecule has 1 heterocycles. The van der Waals surface area contributed by atoms with Gasteiger partial charge in [-0.2, -0.15) is 0 Å². The number of carbonyl (C=O) groups excluding carboxylic acids is 2. The first-order valence-electron chi connectivity index (χ1n) is 9.92. The lowest BCUT2D eigenvalue weighted by Crippen LogP contribution is -2.19. The molecule has 166 valence electrons. The van der Waals surface area contributed by atoms with E-state index in [1.807, 2.05) is 72.1 Å². The Bertz CT molecular complexity index is 1230. The molecule has 3 amide bonds. The molecule has 0 saturated carbocycles. The van der Waals surface area contributed by atoms with Crippen LogP contribution >= 0.6 is 39.0 Å². The van der Waals surface area contributed by atoms with E-state index in [2.05, 4.69) is 36.9 Å². The summed E-state index contributed by atoms with van der Waals surface area (Å²) in [6.45, 7) is 0. The quantitative estimate of drug-likeness (QED) is 0.222. The van der Waals surface area contributed by atoms with Crippen LogP contribution in [-0.2, 0) is 4.79 Å². The van der Waals surface area contributed by atoms with Gasteiger partial charge in [-0.1, -0.05) is 46.3 Å². The van der Waals surface area contributed by atoms with Gasteiger partial charge in [-0.3, -0.25) is 4.79 Å². The highest BCUT2D eigenvalue weighted by atomic mass is 79.9. The molecule has 0 aliphatic heterocycles. The normalized spacial score (nSPS) is 10.5. The number of thioether (sulfide) groups is 1. The van der Waals surface area contributed by atoms with Gasteiger partial charge in [0.05, 0.1) is 11.4 Å². The van der Waals surface area contributed by atoms with Crippen molar-refractivity contribution in [3.05, 3.63) is 88.7 Å². The highest BCUT2D eigenvalue weighted by Crippen LogP contribution is 2.27. The average Bonchev–Trinajstić information content (AvgIpc) is 3.28. The van der Waals surface area contributed by atoms with E-state index in [1.54, 1.807) is 12.1 Å². The van der Waals surface area contributed by atoms with Crippen molar-refractivity contribution in [2.75, 3.05) is 21.7 Å². The fourth-order valence-corrected chi connectivity index (χ4v) is 4.54. The Hall–Kier alpha value is -3.14. The van der Waals surface area contributed by atoms with Crippen molar-refractivity contribution in [2.45, 2.75) is 4.90 Å². The summed E-state index contributed by atoms with van der Waals surface area (Å²) in [6, 6.07) is 24.1. The van der Waals surface area contributed by atoms with Crippen molar-refractivity contribution >= 4 is 67.5 Å². The second kappa shape index (κ2) is 11.1. The number of rotatable bonds is 7. The maximum absolute atomic E-state index is 12.3. The standard InChI is InChI=1S/C24H19BrN4O2S2/c25-17-8-6-16(7-9-17)21-14-33-24(28-21)29-22(30)15-32-20-12-10-19(11-13-20)27-23(31)26-18-4-2-1-3-5-18/h1-14H,15H2,(H2,26,27,31)(H,28,29,30). The van der Waals surface area contributed by atoms with E-state index in [1.165, 1.54) is 23.1 Å². The molecule has 0 bridgehead atoms. The maximum atomic E-state index is 12.3. The van der Waals surface area contributed by atoms with Crippen LogP contribution in [0, 0.1) is 0 Å². The zero-order valence-electron chi connectivity index (χ0n) is 17.2. The number of nitrogens with one attached hydrogen (secondary N) is 3. The van der Waals surface area contributed by atoms with Crippen molar-refractivity contribution in [2.24, 2.45) is 0 Å². The molecule has 3 N–H and O–H groups in total. The Morgan fingerprint density at radius 3 is 2.21 bits per heavy atom. The molecule has 0 saturated heterocycles. The van der Waals surface area contributed by atoms with Gasteiger partial charge in [-0.25, -0.2) is 9.78 Å². The second-order valence-corrected chi connectivity index (χ2v) is 9.67. The number of nitrogens with zero attached hydrogens (tertiary/aromatic N) is 1. The summed E-state index contributed by atoms with van der Waals surface area (Å²) in [5, 5.41) is 10.9. The van der Waals surface area contributed by atoms with Crippen LogP contribution < -0.4 is 16.0 Å². The Kier molecular flexibility index (Phi) is 7.77. The van der Waals surface area contributed by atoms with E-state index in [0.717, 1.165) is 26.3 Å². The molecule has 33 heavy (non-hydrogen) atoms. The smallest absolute Gasteiger partial charge is 0.308 e. The molecule has 0 radical (unpaired) electrons. The van der Waals surface area contributed by atoms with Gasteiger partial charge in [0, 0.05) is 31.7 Å². The minimum atomic E-state index is -0.313. The molecule has 0 unspecified atom stereocenters. The van der Waals surface area contributed by atoms with Gasteiger partial charge >= 0.3 is 6.03 Å². The van der Waals surface area contributed by atoms with Gasteiger partial charge in [0.1, 0.15) is 0 Å². The van der Waals surface area contributed by atoms with Crippen molar-refractivity contribution in [3.8, 4) is 11.3 Å². The van der Waals surface area contributed by atoms with E-state index in [-0.39, 0.29) is 17.7 Å². The van der Waals surface area contributed by atoms with Crippen LogP contribution in [0.2, 0.25) is 0 Å². The highest BCUT2D eigenvalue weighted by molar-refractivity contribution is 9.10. The third-order valence-corrected chi connectivity index (χ3v) is 6.70. The first-order valence-corrected chi connectivity index (χ1v) is 12.6. The molecule has 9 heteroatoms. The molecular weight excluding hydrogens is 520 g/mol. The highest BCUT2D eigenvalue weighted by Gasteiger charge is 2.09. The molecule has 0 spiro atoms. The molecule has 0 aliphatic carbocycles. The molecule has 3 aromatic carbocycles. The van der Waals surface area contributed by atoms with Gasteiger partial charge in [-0.15, -0.1) is 23.1 Å². The summed E-state index contributed by atoms with van der Waals surface area (Å²) in [4.78, 5) is 29.8. The molecule has 4 aromatic rings. The fraction of sp³-hybridized carbons (Fsp3) is 0.0417. The Balaban J connectivity index is 1.24. The van der Waals surface area contributed by atoms with Crippen LogP contribution in [0.25, 0.3) is 11.3 Å². The topological polar surface area (TPSA) is 83.1 Å². The van der Waals surface area contributed by atoms with Crippen LogP contribution in [0.3, 0.4) is 0 Å². The number of halogens is 1. The van der Waals surface area contributed by atoms with E-state index >= 15 is 0 Å². The summed E-state index contributed by atoms with van der Waals surface area (Å²) < 4.78 is 1.01. The van der Waals surface area contributed by atoms with Crippen LogP contribution in [-0.4, -0.2) is 22.7 Å².